The maximum atomic E-state index is 13.0. The van der Waals surface area contributed by atoms with E-state index in [1.165, 1.54) is 23.1 Å². The zero-order chi connectivity index (χ0) is 11.7. The van der Waals surface area contributed by atoms with E-state index >= 15 is 0 Å². The van der Waals surface area contributed by atoms with Gasteiger partial charge >= 0.3 is 0 Å². The van der Waals surface area contributed by atoms with Crippen molar-refractivity contribution in [1.29, 1.82) is 0 Å². The zero-order valence-electron chi connectivity index (χ0n) is 9.00. The van der Waals surface area contributed by atoms with Crippen LogP contribution in [0.15, 0.2) is 18.2 Å². The number of carbonyl (C=O) groups is 2. The summed E-state index contributed by atoms with van der Waals surface area (Å²) < 4.78 is 13.0. The molecular formula is C12H12FNO2. The minimum Gasteiger partial charge on any atom is -0.279 e. The normalized spacial score (nSPS) is 15.6. The lowest BCUT2D eigenvalue weighted by molar-refractivity contribution is -0.125. The molecule has 0 aromatic heterocycles. The van der Waals surface area contributed by atoms with Gasteiger partial charge in [-0.3, -0.25) is 14.5 Å². The monoisotopic (exact) mass is 221 g/mol. The molecule has 1 heterocycles. The van der Waals surface area contributed by atoms with Gasteiger partial charge in [-0.05, 0) is 37.1 Å². The molecule has 1 aromatic rings. The number of benzene rings is 1. The SMILES string of the molecule is Cc1cc(C(=O)N2CCCC2=O)ccc1F. The van der Waals surface area contributed by atoms with E-state index in [0.29, 0.717) is 30.5 Å². The van der Waals surface area contributed by atoms with Crippen LogP contribution in [0.3, 0.4) is 0 Å². The van der Waals surface area contributed by atoms with E-state index in [9.17, 15) is 14.0 Å². The minimum absolute atomic E-state index is 0.146. The first-order valence-electron chi connectivity index (χ1n) is 5.20. The number of rotatable bonds is 1. The first kappa shape index (κ1) is 10.8. The van der Waals surface area contributed by atoms with E-state index in [1.807, 2.05) is 0 Å². The average Bonchev–Trinajstić information content (AvgIpc) is 2.67. The van der Waals surface area contributed by atoms with Gasteiger partial charge in [0.1, 0.15) is 5.82 Å². The Morgan fingerprint density at radius 3 is 2.75 bits per heavy atom. The molecule has 84 valence electrons. The van der Waals surface area contributed by atoms with Crippen molar-refractivity contribution in [3.8, 4) is 0 Å². The molecule has 0 N–H and O–H groups in total. The Kier molecular flexibility index (Phi) is 2.73. The molecule has 0 unspecified atom stereocenters. The first-order valence-corrected chi connectivity index (χ1v) is 5.20. The second-order valence-electron chi connectivity index (χ2n) is 3.92. The molecule has 3 nitrogen and oxygen atoms in total. The van der Waals surface area contributed by atoms with Gasteiger partial charge in [0.05, 0.1) is 0 Å². The molecular weight excluding hydrogens is 209 g/mol. The number of carbonyl (C=O) groups excluding carboxylic acids is 2. The Balaban J connectivity index is 2.27. The molecule has 0 bridgehead atoms. The smallest absolute Gasteiger partial charge is 0.260 e. The predicted octanol–water partition coefficient (Wildman–Crippen LogP) is 1.90. The van der Waals surface area contributed by atoms with Crippen LogP contribution < -0.4 is 0 Å². The summed E-state index contributed by atoms with van der Waals surface area (Å²) in [6.45, 7) is 2.06. The van der Waals surface area contributed by atoms with Gasteiger partial charge in [-0.2, -0.15) is 0 Å². The lowest BCUT2D eigenvalue weighted by atomic mass is 10.1. The van der Waals surface area contributed by atoms with Crippen molar-refractivity contribution in [3.05, 3.63) is 35.1 Å². The highest BCUT2D eigenvalue weighted by molar-refractivity contribution is 6.05. The Labute approximate surface area is 92.9 Å². The van der Waals surface area contributed by atoms with Crippen LogP contribution in [-0.2, 0) is 4.79 Å². The number of amides is 2. The van der Waals surface area contributed by atoms with E-state index in [-0.39, 0.29) is 17.6 Å². The molecule has 2 rings (SSSR count). The lowest BCUT2D eigenvalue weighted by Gasteiger charge is -2.13. The van der Waals surface area contributed by atoms with Gasteiger partial charge in [0, 0.05) is 18.5 Å². The summed E-state index contributed by atoms with van der Waals surface area (Å²) in [5.74, 6) is -0.818. The van der Waals surface area contributed by atoms with Gasteiger partial charge in [0.15, 0.2) is 0 Å². The molecule has 16 heavy (non-hydrogen) atoms. The van der Waals surface area contributed by atoms with Crippen molar-refractivity contribution in [2.75, 3.05) is 6.54 Å². The zero-order valence-corrected chi connectivity index (χ0v) is 9.00. The Hall–Kier alpha value is -1.71. The molecule has 0 spiro atoms. The molecule has 1 aliphatic heterocycles. The number of aryl methyl sites for hydroxylation is 1. The number of hydrogen-bond acceptors (Lipinski definition) is 2. The number of halogens is 1. The van der Waals surface area contributed by atoms with Gasteiger partial charge in [-0.15, -0.1) is 0 Å². The van der Waals surface area contributed by atoms with E-state index in [1.54, 1.807) is 6.92 Å². The molecule has 0 radical (unpaired) electrons. The topological polar surface area (TPSA) is 37.4 Å². The predicted molar refractivity (Wildman–Crippen MR) is 56.4 cm³/mol. The highest BCUT2D eigenvalue weighted by Gasteiger charge is 2.27. The summed E-state index contributed by atoms with van der Waals surface area (Å²) in [5.41, 5.74) is 0.784. The number of imide groups is 1. The number of hydrogen-bond donors (Lipinski definition) is 0. The molecule has 2 amide bonds. The van der Waals surface area contributed by atoms with Crippen LogP contribution in [0.1, 0.15) is 28.8 Å². The maximum absolute atomic E-state index is 13.0. The van der Waals surface area contributed by atoms with Gasteiger partial charge < -0.3 is 0 Å². The van der Waals surface area contributed by atoms with E-state index in [4.69, 9.17) is 0 Å². The molecule has 4 heteroatoms. The van der Waals surface area contributed by atoms with Crippen molar-refractivity contribution >= 4 is 11.8 Å². The number of nitrogens with zero attached hydrogens (tertiary/aromatic N) is 1. The van der Waals surface area contributed by atoms with Gasteiger partial charge in [-0.1, -0.05) is 0 Å². The second kappa shape index (κ2) is 4.04. The summed E-state index contributed by atoms with van der Waals surface area (Å²) in [6.07, 6.45) is 1.14. The van der Waals surface area contributed by atoms with Gasteiger partial charge in [-0.25, -0.2) is 4.39 Å². The third-order valence-corrected chi connectivity index (χ3v) is 2.72. The average molecular weight is 221 g/mol. The molecule has 1 aromatic carbocycles. The summed E-state index contributed by atoms with van der Waals surface area (Å²) >= 11 is 0. The van der Waals surface area contributed by atoms with Crippen molar-refractivity contribution < 1.29 is 14.0 Å². The Morgan fingerprint density at radius 1 is 1.44 bits per heavy atom. The maximum Gasteiger partial charge on any atom is 0.260 e. The Bertz CT molecular complexity index is 456. The van der Waals surface area contributed by atoms with Crippen molar-refractivity contribution in [2.45, 2.75) is 19.8 Å². The fourth-order valence-corrected chi connectivity index (χ4v) is 1.80. The third kappa shape index (κ3) is 1.83. The summed E-state index contributed by atoms with van der Waals surface area (Å²) in [5, 5.41) is 0. The van der Waals surface area contributed by atoms with Crippen LogP contribution in [0, 0.1) is 12.7 Å². The van der Waals surface area contributed by atoms with Crippen LogP contribution in [0.4, 0.5) is 4.39 Å². The van der Waals surface area contributed by atoms with Crippen molar-refractivity contribution in [1.82, 2.24) is 4.90 Å². The molecule has 0 aliphatic carbocycles. The number of likely N-dealkylation sites (tertiary alicyclic amines) is 1. The van der Waals surface area contributed by atoms with E-state index < -0.39 is 0 Å². The summed E-state index contributed by atoms with van der Waals surface area (Å²) in [4.78, 5) is 24.5. The summed E-state index contributed by atoms with van der Waals surface area (Å²) in [7, 11) is 0. The van der Waals surface area contributed by atoms with Crippen molar-refractivity contribution in [2.24, 2.45) is 0 Å². The molecule has 1 saturated heterocycles. The quantitative estimate of drug-likeness (QED) is 0.679. The molecule has 0 saturated carbocycles. The van der Waals surface area contributed by atoms with E-state index in [2.05, 4.69) is 0 Å². The van der Waals surface area contributed by atoms with Crippen LogP contribution in [0.25, 0.3) is 0 Å². The van der Waals surface area contributed by atoms with E-state index in [0.717, 1.165) is 0 Å². The summed E-state index contributed by atoms with van der Waals surface area (Å²) in [6, 6.07) is 4.14. The van der Waals surface area contributed by atoms with Crippen LogP contribution >= 0.6 is 0 Å². The van der Waals surface area contributed by atoms with Crippen LogP contribution in [0.5, 0.6) is 0 Å². The standard InChI is InChI=1S/C12H12FNO2/c1-8-7-9(4-5-10(8)13)12(16)14-6-2-3-11(14)15/h4-5,7H,2-3,6H2,1H3. The molecule has 1 aliphatic rings. The molecule has 1 fully saturated rings. The van der Waals surface area contributed by atoms with Gasteiger partial charge in [0.25, 0.3) is 5.91 Å². The fraction of sp³-hybridized carbons (Fsp3) is 0.333. The highest BCUT2D eigenvalue weighted by Crippen LogP contribution is 2.16. The highest BCUT2D eigenvalue weighted by atomic mass is 19.1. The lowest BCUT2D eigenvalue weighted by Crippen LogP contribution is -2.31. The molecule has 0 atom stereocenters. The first-order chi connectivity index (χ1) is 7.59. The largest absolute Gasteiger partial charge is 0.279 e. The third-order valence-electron chi connectivity index (χ3n) is 2.72. The fourth-order valence-electron chi connectivity index (χ4n) is 1.80. The Morgan fingerprint density at radius 2 is 2.19 bits per heavy atom. The minimum atomic E-state index is -0.343. The van der Waals surface area contributed by atoms with Crippen molar-refractivity contribution in [3.63, 3.8) is 0 Å². The second-order valence-corrected chi connectivity index (χ2v) is 3.92. The van der Waals surface area contributed by atoms with Crippen LogP contribution in [0.2, 0.25) is 0 Å². The van der Waals surface area contributed by atoms with Gasteiger partial charge in [0.2, 0.25) is 5.91 Å². The van der Waals surface area contributed by atoms with Crippen LogP contribution in [-0.4, -0.2) is 23.3 Å².